The maximum Gasteiger partial charge on any atom is 0.270 e. The molecular formula is C17H25N5O3. The number of aliphatic hydroxyl groups is 1. The third-order valence-corrected chi connectivity index (χ3v) is 4.64. The number of anilines is 1. The summed E-state index contributed by atoms with van der Waals surface area (Å²) >= 11 is 0. The Labute approximate surface area is 147 Å². The first-order valence-corrected chi connectivity index (χ1v) is 8.74. The van der Waals surface area contributed by atoms with Crippen molar-refractivity contribution >= 4 is 17.6 Å². The summed E-state index contributed by atoms with van der Waals surface area (Å²) in [5, 5.41) is 13.1. The molecule has 1 atom stereocenters. The Hall–Kier alpha value is -2.22. The number of carbonyl (C=O) groups excluding carboxylic acids is 2. The normalized spacial score (nSPS) is 21.0. The van der Waals surface area contributed by atoms with Gasteiger partial charge in [-0.3, -0.25) is 9.59 Å². The van der Waals surface area contributed by atoms with Crippen molar-refractivity contribution in [3.63, 3.8) is 0 Å². The molecule has 0 radical (unpaired) electrons. The number of rotatable bonds is 2. The second kappa shape index (κ2) is 6.95. The molecule has 0 bridgehead atoms. The van der Waals surface area contributed by atoms with Crippen molar-refractivity contribution in [2.75, 3.05) is 37.6 Å². The van der Waals surface area contributed by atoms with Crippen molar-refractivity contribution in [2.45, 2.75) is 39.2 Å². The van der Waals surface area contributed by atoms with Crippen molar-refractivity contribution in [1.82, 2.24) is 20.2 Å². The zero-order chi connectivity index (χ0) is 18.1. The number of β-amino-alcohol motifs (C(OH)–C–C–N with tert-alkyl or cyclic N) is 1. The van der Waals surface area contributed by atoms with Crippen LogP contribution in [0.1, 0.15) is 48.6 Å². The summed E-state index contributed by atoms with van der Waals surface area (Å²) in [6.45, 7) is 7.83. The summed E-state index contributed by atoms with van der Waals surface area (Å²) in [6.07, 6.45) is 0.00887. The molecular weight excluding hydrogens is 322 g/mol. The fraction of sp³-hybridized carbons (Fsp3) is 0.647. The van der Waals surface area contributed by atoms with Gasteiger partial charge in [-0.25, -0.2) is 9.97 Å². The fourth-order valence-corrected chi connectivity index (χ4v) is 3.28. The lowest BCUT2D eigenvalue weighted by Gasteiger charge is -2.28. The fourth-order valence-electron chi connectivity index (χ4n) is 3.28. The molecule has 0 spiro atoms. The third kappa shape index (κ3) is 3.58. The first kappa shape index (κ1) is 17.6. The largest absolute Gasteiger partial charge is 0.389 e. The number of hydrogen-bond acceptors (Lipinski definition) is 6. The van der Waals surface area contributed by atoms with Gasteiger partial charge in [0.05, 0.1) is 6.10 Å². The molecule has 1 unspecified atom stereocenters. The number of fused-ring (bicyclic) bond motifs is 1. The van der Waals surface area contributed by atoms with Crippen LogP contribution in [-0.4, -0.2) is 70.6 Å². The summed E-state index contributed by atoms with van der Waals surface area (Å²) in [6, 6.07) is 0. The van der Waals surface area contributed by atoms with E-state index in [1.165, 1.54) is 6.92 Å². The molecule has 1 aromatic heterocycles. The van der Waals surface area contributed by atoms with Crippen molar-refractivity contribution < 1.29 is 14.7 Å². The van der Waals surface area contributed by atoms with Crippen LogP contribution in [0.4, 0.5) is 5.82 Å². The topological polar surface area (TPSA) is 98.7 Å². The lowest BCUT2D eigenvalue weighted by Crippen LogP contribution is -2.38. The third-order valence-electron chi connectivity index (χ3n) is 4.64. The summed E-state index contributed by atoms with van der Waals surface area (Å²) in [4.78, 5) is 36.7. The Morgan fingerprint density at radius 2 is 2.04 bits per heavy atom. The van der Waals surface area contributed by atoms with Crippen LogP contribution in [0.15, 0.2) is 0 Å². The summed E-state index contributed by atoms with van der Waals surface area (Å²) in [5.74, 6) is 1.20. The van der Waals surface area contributed by atoms with Gasteiger partial charge in [-0.2, -0.15) is 0 Å². The van der Waals surface area contributed by atoms with E-state index in [2.05, 4.69) is 10.3 Å². The highest BCUT2D eigenvalue weighted by Crippen LogP contribution is 2.27. The van der Waals surface area contributed by atoms with Crippen LogP contribution in [0.2, 0.25) is 0 Å². The van der Waals surface area contributed by atoms with E-state index in [1.807, 2.05) is 18.7 Å². The zero-order valence-electron chi connectivity index (χ0n) is 14.9. The van der Waals surface area contributed by atoms with Crippen LogP contribution in [0, 0.1) is 0 Å². The number of nitrogens with zero attached hydrogens (tertiary/aromatic N) is 4. The van der Waals surface area contributed by atoms with E-state index in [9.17, 15) is 14.7 Å². The number of nitrogens with one attached hydrogen (secondary N) is 1. The van der Waals surface area contributed by atoms with E-state index >= 15 is 0 Å². The van der Waals surface area contributed by atoms with Crippen molar-refractivity contribution in [3.05, 3.63) is 17.1 Å². The molecule has 25 heavy (non-hydrogen) atoms. The summed E-state index contributed by atoms with van der Waals surface area (Å²) in [5.41, 5.74) is 1.26. The predicted molar refractivity (Wildman–Crippen MR) is 92.6 cm³/mol. The van der Waals surface area contributed by atoms with E-state index < -0.39 is 6.10 Å². The molecule has 0 aromatic carbocycles. The highest BCUT2D eigenvalue weighted by molar-refractivity contribution is 5.96. The average molecular weight is 347 g/mol. The Morgan fingerprint density at radius 1 is 1.28 bits per heavy atom. The van der Waals surface area contributed by atoms with E-state index in [4.69, 9.17) is 4.98 Å². The monoisotopic (exact) mass is 347 g/mol. The van der Waals surface area contributed by atoms with Gasteiger partial charge < -0.3 is 20.2 Å². The van der Waals surface area contributed by atoms with Crippen LogP contribution in [0.5, 0.6) is 0 Å². The van der Waals surface area contributed by atoms with Gasteiger partial charge in [0.2, 0.25) is 5.91 Å². The molecule has 3 heterocycles. The second-order valence-electron chi connectivity index (χ2n) is 6.96. The maximum atomic E-state index is 12.2. The number of hydrogen-bond donors (Lipinski definition) is 2. The molecule has 2 amide bonds. The molecule has 1 aromatic rings. The molecule has 0 saturated carbocycles. The van der Waals surface area contributed by atoms with E-state index in [0.29, 0.717) is 56.5 Å². The maximum absolute atomic E-state index is 12.2. The lowest BCUT2D eigenvalue weighted by molar-refractivity contribution is -0.129. The summed E-state index contributed by atoms with van der Waals surface area (Å²) < 4.78 is 0. The highest BCUT2D eigenvalue weighted by Gasteiger charge is 2.30. The summed E-state index contributed by atoms with van der Waals surface area (Å²) in [7, 11) is 0. The van der Waals surface area contributed by atoms with Gasteiger partial charge in [0.1, 0.15) is 17.3 Å². The minimum Gasteiger partial charge on any atom is -0.389 e. The number of aromatic nitrogens is 2. The van der Waals surface area contributed by atoms with E-state index in [0.717, 1.165) is 5.56 Å². The second-order valence-corrected chi connectivity index (χ2v) is 6.96. The van der Waals surface area contributed by atoms with Gasteiger partial charge in [0.25, 0.3) is 5.91 Å². The van der Waals surface area contributed by atoms with Crippen LogP contribution >= 0.6 is 0 Å². The average Bonchev–Trinajstić information content (AvgIpc) is 2.76. The predicted octanol–water partition coefficient (Wildman–Crippen LogP) is -0.0847. The quantitative estimate of drug-likeness (QED) is 0.776. The Bertz CT molecular complexity index is 691. The SMILES string of the molecule is CC(=O)N1CCN(c2nc(C(C)C)nc3c2CCNC3=O)CC(O)C1. The lowest BCUT2D eigenvalue weighted by atomic mass is 10.0. The van der Waals surface area contributed by atoms with Gasteiger partial charge in [0.15, 0.2) is 0 Å². The first-order valence-electron chi connectivity index (χ1n) is 8.74. The van der Waals surface area contributed by atoms with Crippen molar-refractivity contribution in [1.29, 1.82) is 0 Å². The zero-order valence-corrected chi connectivity index (χ0v) is 14.9. The van der Waals surface area contributed by atoms with E-state index in [1.54, 1.807) is 4.90 Å². The standard InChI is InChI=1S/C17H25N5O3/c1-10(2)15-19-14-13(4-5-18-17(14)25)16(20-15)22-7-6-21(11(3)23)8-12(24)9-22/h10,12,24H,4-9H2,1-3H3,(H,18,25). The highest BCUT2D eigenvalue weighted by atomic mass is 16.3. The molecule has 2 aliphatic rings. The van der Waals surface area contributed by atoms with Crippen molar-refractivity contribution in [3.8, 4) is 0 Å². The first-order chi connectivity index (χ1) is 11.9. The molecule has 1 fully saturated rings. The Morgan fingerprint density at radius 3 is 2.72 bits per heavy atom. The van der Waals surface area contributed by atoms with Crippen LogP contribution < -0.4 is 10.2 Å². The molecule has 0 aliphatic carbocycles. The molecule has 136 valence electrons. The van der Waals surface area contributed by atoms with E-state index in [-0.39, 0.29) is 17.7 Å². The van der Waals surface area contributed by atoms with Crippen LogP contribution in [-0.2, 0) is 11.2 Å². The minimum absolute atomic E-state index is 0.0483. The number of amides is 2. The number of aliphatic hydroxyl groups excluding tert-OH is 1. The Kier molecular flexibility index (Phi) is 4.89. The van der Waals surface area contributed by atoms with Crippen LogP contribution in [0.3, 0.4) is 0 Å². The Balaban J connectivity index is 2.00. The smallest absolute Gasteiger partial charge is 0.270 e. The minimum atomic E-state index is -0.656. The molecule has 8 nitrogen and oxygen atoms in total. The molecule has 1 saturated heterocycles. The van der Waals surface area contributed by atoms with Crippen molar-refractivity contribution in [2.24, 2.45) is 0 Å². The molecule has 3 rings (SSSR count). The molecule has 2 N–H and O–H groups in total. The van der Waals surface area contributed by atoms with Crippen LogP contribution in [0.25, 0.3) is 0 Å². The number of carbonyl (C=O) groups is 2. The van der Waals surface area contributed by atoms with Gasteiger partial charge in [-0.1, -0.05) is 13.8 Å². The van der Waals surface area contributed by atoms with Gasteiger partial charge >= 0.3 is 0 Å². The van der Waals surface area contributed by atoms with Gasteiger partial charge in [-0.15, -0.1) is 0 Å². The molecule has 2 aliphatic heterocycles. The van der Waals surface area contributed by atoms with Gasteiger partial charge in [0, 0.05) is 51.1 Å². The van der Waals surface area contributed by atoms with Gasteiger partial charge in [-0.05, 0) is 6.42 Å². The molecule has 8 heteroatoms.